The first-order valence-electron chi connectivity index (χ1n) is 10.4. The number of imide groups is 1. The zero-order valence-corrected chi connectivity index (χ0v) is 18.6. The smallest absolute Gasteiger partial charge is 0.317 e. The summed E-state index contributed by atoms with van der Waals surface area (Å²) < 4.78 is 2.21. The summed E-state index contributed by atoms with van der Waals surface area (Å²) in [5.74, 6) is -0.303. The number of urea groups is 1. The molecule has 5 heteroatoms. The number of benzene rings is 2. The number of carbonyl (C=O) groups is 2. The third kappa shape index (κ3) is 3.79. The molecule has 1 aromatic heterocycles. The van der Waals surface area contributed by atoms with Crippen molar-refractivity contribution in [2.24, 2.45) is 0 Å². The van der Waals surface area contributed by atoms with E-state index in [4.69, 9.17) is 0 Å². The number of nitrogens with one attached hydrogen (secondary N) is 1. The summed E-state index contributed by atoms with van der Waals surface area (Å²) >= 11 is 0. The van der Waals surface area contributed by atoms with Crippen molar-refractivity contribution in [2.45, 2.75) is 41.2 Å². The second-order valence-electron chi connectivity index (χ2n) is 8.27. The van der Waals surface area contributed by atoms with Crippen molar-refractivity contribution in [3.63, 3.8) is 0 Å². The molecule has 0 bridgehead atoms. The van der Waals surface area contributed by atoms with E-state index in [0.717, 1.165) is 33.8 Å². The van der Waals surface area contributed by atoms with Gasteiger partial charge in [0, 0.05) is 11.4 Å². The molecule has 4 rings (SSSR count). The van der Waals surface area contributed by atoms with Gasteiger partial charge in [-0.25, -0.2) is 4.79 Å². The first-order valence-corrected chi connectivity index (χ1v) is 10.4. The molecule has 0 atom stereocenters. The Hall–Kier alpha value is -3.60. The topological polar surface area (TPSA) is 54.3 Å². The van der Waals surface area contributed by atoms with Crippen molar-refractivity contribution in [1.29, 1.82) is 0 Å². The molecule has 1 N–H and O–H groups in total. The molecular formula is C26H27N3O2. The van der Waals surface area contributed by atoms with Crippen LogP contribution in [0.3, 0.4) is 0 Å². The molecule has 31 heavy (non-hydrogen) atoms. The van der Waals surface area contributed by atoms with E-state index in [-0.39, 0.29) is 18.5 Å². The quantitative estimate of drug-likeness (QED) is 0.477. The van der Waals surface area contributed by atoms with E-state index in [9.17, 15) is 9.59 Å². The Morgan fingerprint density at radius 3 is 2.19 bits per heavy atom. The van der Waals surface area contributed by atoms with Crippen molar-refractivity contribution >= 4 is 18.0 Å². The molecular weight excluding hydrogens is 386 g/mol. The van der Waals surface area contributed by atoms with Crippen LogP contribution in [0.25, 0.3) is 11.8 Å². The lowest BCUT2D eigenvalue weighted by molar-refractivity contribution is -0.123. The molecule has 0 radical (unpaired) electrons. The molecule has 2 heterocycles. The zero-order valence-electron chi connectivity index (χ0n) is 18.6. The highest BCUT2D eigenvalue weighted by Gasteiger charge is 2.33. The van der Waals surface area contributed by atoms with Gasteiger partial charge in [0.15, 0.2) is 0 Å². The molecule has 1 fully saturated rings. The van der Waals surface area contributed by atoms with Crippen LogP contribution in [0.2, 0.25) is 0 Å². The number of carbonyl (C=O) groups excluding carboxylic acids is 2. The van der Waals surface area contributed by atoms with E-state index in [2.05, 4.69) is 54.9 Å². The number of rotatable bonds is 4. The largest absolute Gasteiger partial charge is 0.329 e. The van der Waals surface area contributed by atoms with Gasteiger partial charge in [0.1, 0.15) is 5.70 Å². The number of para-hydroxylation sites is 1. The van der Waals surface area contributed by atoms with Gasteiger partial charge in [-0.05, 0) is 69.0 Å². The molecule has 0 aliphatic carbocycles. The predicted octanol–water partition coefficient (Wildman–Crippen LogP) is 5.11. The first kappa shape index (κ1) is 20.7. The lowest BCUT2D eigenvalue weighted by atomic mass is 10.1. The van der Waals surface area contributed by atoms with Crippen molar-refractivity contribution < 1.29 is 9.59 Å². The third-order valence-electron chi connectivity index (χ3n) is 5.86. The van der Waals surface area contributed by atoms with Gasteiger partial charge < -0.3 is 9.88 Å². The molecule has 0 spiro atoms. The molecule has 1 aliphatic rings. The maximum absolute atomic E-state index is 12.9. The van der Waals surface area contributed by atoms with Crippen LogP contribution in [0, 0.1) is 34.6 Å². The Kier molecular flexibility index (Phi) is 5.27. The van der Waals surface area contributed by atoms with Crippen molar-refractivity contribution in [3.05, 3.63) is 93.4 Å². The summed E-state index contributed by atoms with van der Waals surface area (Å²) in [5.41, 5.74) is 8.93. The summed E-state index contributed by atoms with van der Waals surface area (Å²) in [6.07, 6.45) is 1.78. The summed E-state index contributed by atoms with van der Waals surface area (Å²) in [6.45, 7) is 10.6. The SMILES string of the molecule is Cc1ccc(CN2C(=O)N/C(=C/c3cc(C)n(-c4c(C)cccc4C)c3C)C2=O)cc1. The molecule has 5 nitrogen and oxygen atoms in total. The highest BCUT2D eigenvalue weighted by atomic mass is 16.2. The predicted molar refractivity (Wildman–Crippen MR) is 123 cm³/mol. The molecule has 1 saturated heterocycles. The number of hydrogen-bond acceptors (Lipinski definition) is 2. The Morgan fingerprint density at radius 1 is 0.903 bits per heavy atom. The van der Waals surface area contributed by atoms with Crippen LogP contribution < -0.4 is 5.32 Å². The maximum Gasteiger partial charge on any atom is 0.329 e. The van der Waals surface area contributed by atoms with Crippen molar-refractivity contribution in [3.8, 4) is 5.69 Å². The van der Waals surface area contributed by atoms with Crippen LogP contribution >= 0.6 is 0 Å². The average Bonchev–Trinajstić information content (AvgIpc) is 3.14. The Balaban J connectivity index is 1.66. The molecule has 0 unspecified atom stereocenters. The molecule has 0 saturated carbocycles. The highest BCUT2D eigenvalue weighted by molar-refractivity contribution is 6.14. The molecule has 3 aromatic rings. The van der Waals surface area contributed by atoms with E-state index in [0.29, 0.717) is 5.70 Å². The second-order valence-corrected chi connectivity index (χ2v) is 8.27. The maximum atomic E-state index is 12.9. The van der Waals surface area contributed by atoms with Crippen LogP contribution in [0.5, 0.6) is 0 Å². The van der Waals surface area contributed by atoms with Gasteiger partial charge in [-0.2, -0.15) is 0 Å². The number of aryl methyl sites for hydroxylation is 4. The monoisotopic (exact) mass is 413 g/mol. The minimum absolute atomic E-state index is 0.254. The fourth-order valence-corrected chi connectivity index (χ4v) is 4.18. The summed E-state index contributed by atoms with van der Waals surface area (Å²) in [4.78, 5) is 26.7. The molecule has 1 aliphatic heterocycles. The number of hydrogen-bond donors (Lipinski definition) is 1. The van der Waals surface area contributed by atoms with E-state index < -0.39 is 0 Å². The fraction of sp³-hybridized carbons (Fsp3) is 0.231. The average molecular weight is 414 g/mol. The van der Waals surface area contributed by atoms with Crippen LogP contribution in [0.15, 0.2) is 54.2 Å². The van der Waals surface area contributed by atoms with E-state index in [1.54, 1.807) is 6.08 Å². The molecule has 2 aromatic carbocycles. The zero-order chi connectivity index (χ0) is 22.3. The Bertz CT molecular complexity index is 1200. The number of amides is 3. The Morgan fingerprint density at radius 2 is 1.55 bits per heavy atom. The lowest BCUT2D eigenvalue weighted by Gasteiger charge is -2.15. The van der Waals surface area contributed by atoms with Crippen molar-refractivity contribution in [1.82, 2.24) is 14.8 Å². The second kappa shape index (κ2) is 7.91. The highest BCUT2D eigenvalue weighted by Crippen LogP contribution is 2.28. The number of aromatic nitrogens is 1. The first-order chi connectivity index (χ1) is 14.8. The van der Waals surface area contributed by atoms with Gasteiger partial charge >= 0.3 is 6.03 Å². The lowest BCUT2D eigenvalue weighted by Crippen LogP contribution is -2.30. The normalized spacial score (nSPS) is 15.1. The third-order valence-corrected chi connectivity index (χ3v) is 5.86. The van der Waals surface area contributed by atoms with Gasteiger partial charge in [-0.1, -0.05) is 48.0 Å². The summed E-state index contributed by atoms with van der Waals surface area (Å²) in [6, 6.07) is 15.8. The Labute approximate surface area is 183 Å². The van der Waals surface area contributed by atoms with Crippen LogP contribution in [-0.4, -0.2) is 21.4 Å². The molecule has 158 valence electrons. The molecule has 3 amide bonds. The minimum Gasteiger partial charge on any atom is -0.317 e. The standard InChI is InChI=1S/C26H27N3O2/c1-16-9-11-21(12-10-16)15-28-25(30)23(27-26(28)31)14-22-13-19(4)29(20(22)5)24-17(2)7-6-8-18(24)3/h6-14H,15H2,1-5H3,(H,27,31)/b23-14+. The van der Waals surface area contributed by atoms with E-state index in [1.807, 2.05) is 38.1 Å². The van der Waals surface area contributed by atoms with E-state index in [1.165, 1.54) is 16.0 Å². The van der Waals surface area contributed by atoms with Crippen LogP contribution in [0.1, 0.15) is 39.2 Å². The van der Waals surface area contributed by atoms with Crippen molar-refractivity contribution in [2.75, 3.05) is 0 Å². The summed E-state index contributed by atoms with van der Waals surface area (Å²) in [7, 11) is 0. The fourth-order valence-electron chi connectivity index (χ4n) is 4.18. The van der Waals surface area contributed by atoms with Crippen LogP contribution in [-0.2, 0) is 11.3 Å². The van der Waals surface area contributed by atoms with Crippen LogP contribution in [0.4, 0.5) is 4.79 Å². The number of nitrogens with zero attached hydrogens (tertiary/aromatic N) is 2. The van der Waals surface area contributed by atoms with Gasteiger partial charge in [-0.3, -0.25) is 9.69 Å². The minimum atomic E-state index is -0.389. The van der Waals surface area contributed by atoms with Gasteiger partial charge in [-0.15, -0.1) is 0 Å². The van der Waals surface area contributed by atoms with E-state index >= 15 is 0 Å². The summed E-state index contributed by atoms with van der Waals surface area (Å²) in [5, 5.41) is 2.74. The van der Waals surface area contributed by atoms with Gasteiger partial charge in [0.25, 0.3) is 5.91 Å². The van der Waals surface area contributed by atoms with Gasteiger partial charge in [0.2, 0.25) is 0 Å². The van der Waals surface area contributed by atoms with Gasteiger partial charge in [0.05, 0.1) is 12.2 Å².